The molecule has 0 fully saturated rings. The van der Waals surface area contributed by atoms with Gasteiger partial charge >= 0.3 is 0 Å². The first-order valence-corrected chi connectivity index (χ1v) is 4.53. The number of nitrogens with zero attached hydrogens (tertiary/aromatic N) is 3. The number of rotatable bonds is 3. The molecule has 1 heterocycles. The minimum Gasteiger partial charge on any atom is -0.135 e. The Balaban J connectivity index is 3.13. The van der Waals surface area contributed by atoms with E-state index in [-0.39, 0.29) is 0 Å². The van der Waals surface area contributed by atoms with Crippen molar-refractivity contribution in [2.75, 3.05) is 0 Å². The number of hydrogen-bond acceptors (Lipinski definition) is 3. The van der Waals surface area contributed by atoms with Gasteiger partial charge < -0.3 is 0 Å². The molecule has 1 aromatic rings. The molecular weight excluding hydrogens is 150 g/mol. The van der Waals surface area contributed by atoms with Crippen LogP contribution in [0.4, 0.5) is 0 Å². The lowest BCUT2D eigenvalue weighted by Gasteiger charge is -2.06. The Morgan fingerprint density at radius 3 is 1.67 bits per heavy atom. The highest BCUT2D eigenvalue weighted by molar-refractivity contribution is 5.23. The van der Waals surface area contributed by atoms with Crippen LogP contribution >= 0.6 is 0 Å². The van der Waals surface area contributed by atoms with Crippen LogP contribution in [0.2, 0.25) is 0 Å². The van der Waals surface area contributed by atoms with Gasteiger partial charge in [0.2, 0.25) is 0 Å². The average Bonchev–Trinajstić information content (AvgIpc) is 2.16. The van der Waals surface area contributed by atoms with E-state index in [0.717, 1.165) is 30.7 Å². The lowest BCUT2D eigenvalue weighted by molar-refractivity contribution is 0.744. The van der Waals surface area contributed by atoms with E-state index in [1.54, 1.807) is 0 Å². The first kappa shape index (κ1) is 9.10. The van der Waals surface area contributed by atoms with E-state index < -0.39 is 0 Å². The summed E-state index contributed by atoms with van der Waals surface area (Å²) in [5.74, 6) is 0. The Morgan fingerprint density at radius 1 is 0.833 bits per heavy atom. The maximum Gasteiger partial charge on any atom is 0.0696 e. The van der Waals surface area contributed by atoms with Crippen molar-refractivity contribution in [3.05, 3.63) is 17.0 Å². The largest absolute Gasteiger partial charge is 0.135 e. The molecule has 0 atom stereocenters. The third-order valence-corrected chi connectivity index (χ3v) is 2.05. The van der Waals surface area contributed by atoms with E-state index >= 15 is 0 Å². The lowest BCUT2D eigenvalue weighted by atomic mass is 10.1. The van der Waals surface area contributed by atoms with Gasteiger partial charge in [0.15, 0.2) is 0 Å². The molecule has 3 nitrogen and oxygen atoms in total. The predicted octanol–water partition coefficient (Wildman–Crippen LogP) is 1.56. The number of aryl methyl sites for hydroxylation is 2. The van der Waals surface area contributed by atoms with Crippen LogP contribution < -0.4 is 0 Å². The van der Waals surface area contributed by atoms with E-state index in [0.29, 0.717) is 0 Å². The van der Waals surface area contributed by atoms with E-state index in [4.69, 9.17) is 0 Å². The zero-order chi connectivity index (χ0) is 8.97. The monoisotopic (exact) mass is 165 g/mol. The van der Waals surface area contributed by atoms with E-state index in [1.807, 2.05) is 0 Å². The average molecular weight is 165 g/mol. The van der Waals surface area contributed by atoms with Gasteiger partial charge in [-0.15, -0.1) is 10.2 Å². The second-order valence-corrected chi connectivity index (χ2v) is 2.72. The van der Waals surface area contributed by atoms with Gasteiger partial charge in [-0.2, -0.15) is 0 Å². The quantitative estimate of drug-likeness (QED) is 0.682. The van der Waals surface area contributed by atoms with Gasteiger partial charge in [0.1, 0.15) is 0 Å². The summed E-state index contributed by atoms with van der Waals surface area (Å²) in [4.78, 5) is 0. The highest BCUT2D eigenvalue weighted by Crippen LogP contribution is 2.10. The Bertz CT molecular complexity index is 236. The van der Waals surface area contributed by atoms with Crippen molar-refractivity contribution in [2.24, 2.45) is 0 Å². The second-order valence-electron chi connectivity index (χ2n) is 2.72. The third-order valence-electron chi connectivity index (χ3n) is 2.05. The zero-order valence-electron chi connectivity index (χ0n) is 7.96. The minimum absolute atomic E-state index is 0.950. The Hall–Kier alpha value is -0.990. The van der Waals surface area contributed by atoms with Crippen molar-refractivity contribution in [1.82, 2.24) is 15.4 Å². The highest BCUT2D eigenvalue weighted by atomic mass is 15.3. The summed E-state index contributed by atoms with van der Waals surface area (Å²) >= 11 is 0. The maximum absolute atomic E-state index is 4.02. The summed E-state index contributed by atoms with van der Waals surface area (Å²) in [6, 6.07) is 0. The van der Waals surface area contributed by atoms with Crippen LogP contribution in [0.5, 0.6) is 0 Å². The Morgan fingerprint density at radius 2 is 1.33 bits per heavy atom. The van der Waals surface area contributed by atoms with E-state index in [9.17, 15) is 0 Å². The summed E-state index contributed by atoms with van der Waals surface area (Å²) in [6.45, 7) is 6.34. The van der Waals surface area contributed by atoms with Crippen LogP contribution in [-0.4, -0.2) is 15.4 Å². The molecule has 0 unspecified atom stereocenters. The van der Waals surface area contributed by atoms with Crippen LogP contribution in [0.25, 0.3) is 0 Å². The molecule has 3 heteroatoms. The molecule has 12 heavy (non-hydrogen) atoms. The molecule has 0 radical (unpaired) electrons. The molecule has 0 aliphatic rings. The van der Waals surface area contributed by atoms with Gasteiger partial charge in [-0.25, -0.2) is 0 Å². The molecule has 66 valence electrons. The first-order valence-electron chi connectivity index (χ1n) is 4.53. The number of hydrogen-bond donors (Lipinski definition) is 0. The molecule has 0 N–H and O–H groups in total. The Kier molecular flexibility index (Phi) is 3.14. The van der Waals surface area contributed by atoms with Crippen molar-refractivity contribution in [2.45, 2.75) is 40.0 Å². The van der Waals surface area contributed by atoms with Crippen molar-refractivity contribution in [3.8, 4) is 0 Å². The van der Waals surface area contributed by atoms with Crippen molar-refractivity contribution in [3.63, 3.8) is 0 Å². The molecule has 0 saturated heterocycles. The minimum atomic E-state index is 0.950. The molecule has 0 amide bonds. The third kappa shape index (κ3) is 1.60. The molecule has 0 spiro atoms. The summed E-state index contributed by atoms with van der Waals surface area (Å²) < 4.78 is 0. The van der Waals surface area contributed by atoms with Crippen molar-refractivity contribution < 1.29 is 0 Å². The van der Waals surface area contributed by atoms with Crippen LogP contribution in [0.3, 0.4) is 0 Å². The SMILES string of the molecule is CCc1nnnc(CC)c1CC. The fraction of sp³-hybridized carbons (Fsp3) is 0.667. The van der Waals surface area contributed by atoms with Gasteiger partial charge in [0, 0.05) is 0 Å². The lowest BCUT2D eigenvalue weighted by Crippen LogP contribution is -2.06. The first-order chi connectivity index (χ1) is 5.83. The highest BCUT2D eigenvalue weighted by Gasteiger charge is 2.06. The Labute approximate surface area is 73.2 Å². The molecular formula is C9H15N3. The molecule has 1 aromatic heterocycles. The van der Waals surface area contributed by atoms with Gasteiger partial charge in [-0.3, -0.25) is 0 Å². The van der Waals surface area contributed by atoms with Crippen molar-refractivity contribution >= 4 is 0 Å². The molecule has 1 rings (SSSR count). The van der Waals surface area contributed by atoms with Gasteiger partial charge in [-0.05, 0) is 30.0 Å². The second kappa shape index (κ2) is 4.14. The predicted molar refractivity (Wildman–Crippen MR) is 48.0 cm³/mol. The fourth-order valence-electron chi connectivity index (χ4n) is 1.39. The van der Waals surface area contributed by atoms with E-state index in [2.05, 4.69) is 36.2 Å². The van der Waals surface area contributed by atoms with Gasteiger partial charge in [0.05, 0.1) is 11.4 Å². The van der Waals surface area contributed by atoms with Gasteiger partial charge in [0.25, 0.3) is 0 Å². The summed E-state index contributed by atoms with van der Waals surface area (Å²) in [5, 5.41) is 11.8. The smallest absolute Gasteiger partial charge is 0.0696 e. The van der Waals surface area contributed by atoms with Crippen LogP contribution in [0.1, 0.15) is 37.7 Å². The molecule has 0 aromatic carbocycles. The van der Waals surface area contributed by atoms with E-state index in [1.165, 1.54) is 5.56 Å². The molecule has 0 aliphatic heterocycles. The normalized spacial score (nSPS) is 10.2. The molecule has 0 saturated carbocycles. The maximum atomic E-state index is 4.02. The molecule has 0 aliphatic carbocycles. The molecule has 0 bridgehead atoms. The van der Waals surface area contributed by atoms with Crippen LogP contribution in [0, 0.1) is 0 Å². The fourth-order valence-corrected chi connectivity index (χ4v) is 1.39. The topological polar surface area (TPSA) is 38.7 Å². The van der Waals surface area contributed by atoms with Crippen molar-refractivity contribution in [1.29, 1.82) is 0 Å². The van der Waals surface area contributed by atoms with Gasteiger partial charge in [-0.1, -0.05) is 20.8 Å². The summed E-state index contributed by atoms with van der Waals surface area (Å²) in [5.41, 5.74) is 3.49. The number of aromatic nitrogens is 3. The summed E-state index contributed by atoms with van der Waals surface area (Å²) in [7, 11) is 0. The zero-order valence-corrected chi connectivity index (χ0v) is 7.96. The standard InChI is InChI=1S/C9H15N3/c1-4-7-8(5-2)10-12-11-9(7)6-3/h4-6H2,1-3H3. The van der Waals surface area contributed by atoms with Crippen LogP contribution in [0.15, 0.2) is 0 Å². The van der Waals surface area contributed by atoms with Crippen LogP contribution in [-0.2, 0) is 19.3 Å². The summed E-state index contributed by atoms with van der Waals surface area (Å²) in [6.07, 6.45) is 2.91.